The van der Waals surface area contributed by atoms with Gasteiger partial charge in [-0.3, -0.25) is 19.9 Å². The van der Waals surface area contributed by atoms with Crippen molar-refractivity contribution in [3.8, 4) is 0 Å². The van der Waals surface area contributed by atoms with Gasteiger partial charge in [-0.2, -0.15) is 0 Å². The van der Waals surface area contributed by atoms with E-state index in [1.165, 1.54) is 0 Å². The molecule has 0 atom stereocenters. The van der Waals surface area contributed by atoms with Crippen molar-refractivity contribution < 1.29 is 4.92 Å². The Morgan fingerprint density at radius 1 is 1.25 bits per heavy atom. The summed E-state index contributed by atoms with van der Waals surface area (Å²) in [4.78, 5) is 15.4. The van der Waals surface area contributed by atoms with E-state index in [0.29, 0.717) is 0 Å². The van der Waals surface area contributed by atoms with Crippen LogP contribution in [0.15, 0.2) is 24.3 Å². The van der Waals surface area contributed by atoms with Crippen molar-refractivity contribution in [1.82, 2.24) is 15.1 Å². The van der Waals surface area contributed by atoms with Crippen molar-refractivity contribution in [1.29, 1.82) is 0 Å². The molecule has 108 valence electrons. The zero-order chi connectivity index (χ0) is 13.9. The van der Waals surface area contributed by atoms with Crippen LogP contribution in [0.4, 0.5) is 5.69 Å². The Morgan fingerprint density at radius 2 is 2.00 bits per heavy atom. The molecule has 0 radical (unpaired) electrons. The predicted molar refractivity (Wildman–Crippen MR) is 76.6 cm³/mol. The molecule has 2 saturated heterocycles. The Kier molecular flexibility index (Phi) is 3.95. The van der Waals surface area contributed by atoms with Crippen LogP contribution >= 0.6 is 0 Å². The van der Waals surface area contributed by atoms with Crippen LogP contribution in [0, 0.1) is 10.1 Å². The second-order valence-electron chi connectivity index (χ2n) is 5.55. The van der Waals surface area contributed by atoms with E-state index in [1.54, 1.807) is 18.2 Å². The molecule has 0 spiro atoms. The molecule has 6 heteroatoms. The summed E-state index contributed by atoms with van der Waals surface area (Å²) in [6.45, 7) is 7.31. The fourth-order valence-corrected chi connectivity index (χ4v) is 2.84. The maximum atomic E-state index is 10.8. The highest BCUT2D eigenvalue weighted by Gasteiger charge is 2.27. The van der Waals surface area contributed by atoms with Gasteiger partial charge in [-0.1, -0.05) is 12.1 Å². The van der Waals surface area contributed by atoms with Gasteiger partial charge in [0.2, 0.25) is 0 Å². The molecule has 2 aliphatic rings. The van der Waals surface area contributed by atoms with Gasteiger partial charge in [0, 0.05) is 64.0 Å². The lowest BCUT2D eigenvalue weighted by atomic mass is 10.1. The molecule has 2 fully saturated rings. The smallest absolute Gasteiger partial charge is 0.269 e. The van der Waals surface area contributed by atoms with Crippen molar-refractivity contribution in [3.05, 3.63) is 39.9 Å². The number of non-ortho nitro benzene ring substituents is 1. The van der Waals surface area contributed by atoms with Crippen LogP contribution < -0.4 is 5.32 Å². The number of rotatable bonds is 4. The Labute approximate surface area is 118 Å². The van der Waals surface area contributed by atoms with Crippen molar-refractivity contribution in [3.63, 3.8) is 0 Å². The number of hydrogen-bond donors (Lipinski definition) is 1. The molecule has 0 bridgehead atoms. The summed E-state index contributed by atoms with van der Waals surface area (Å²) in [6.07, 6.45) is 0. The standard InChI is InChI=1S/C14H20N4O2/c19-18(20)13-3-1-2-12(8-13)11-16-4-6-17(7-5-16)14-9-15-10-14/h1-3,8,14-15H,4-7,9-11H2. The second kappa shape index (κ2) is 5.87. The van der Waals surface area contributed by atoms with Crippen LogP contribution in [-0.2, 0) is 6.54 Å². The van der Waals surface area contributed by atoms with Crippen LogP contribution in [0.2, 0.25) is 0 Å². The summed E-state index contributed by atoms with van der Waals surface area (Å²) < 4.78 is 0. The average molecular weight is 276 g/mol. The summed E-state index contributed by atoms with van der Waals surface area (Å²) in [7, 11) is 0. The van der Waals surface area contributed by atoms with E-state index in [-0.39, 0.29) is 10.6 Å². The third-order valence-electron chi connectivity index (χ3n) is 4.21. The molecule has 0 unspecified atom stereocenters. The van der Waals surface area contributed by atoms with E-state index >= 15 is 0 Å². The number of nitrogens with zero attached hydrogens (tertiary/aromatic N) is 3. The number of piperazine rings is 1. The highest BCUT2D eigenvalue weighted by atomic mass is 16.6. The first kappa shape index (κ1) is 13.5. The lowest BCUT2D eigenvalue weighted by Gasteiger charge is -2.43. The van der Waals surface area contributed by atoms with Crippen LogP contribution in [0.3, 0.4) is 0 Å². The zero-order valence-corrected chi connectivity index (χ0v) is 11.5. The van der Waals surface area contributed by atoms with Gasteiger partial charge in [0.05, 0.1) is 4.92 Å². The molecule has 0 amide bonds. The fraction of sp³-hybridized carbons (Fsp3) is 0.571. The third kappa shape index (κ3) is 2.98. The van der Waals surface area contributed by atoms with Gasteiger partial charge in [-0.25, -0.2) is 0 Å². The van der Waals surface area contributed by atoms with Gasteiger partial charge in [-0.15, -0.1) is 0 Å². The molecule has 2 aliphatic heterocycles. The van der Waals surface area contributed by atoms with Gasteiger partial charge in [0.25, 0.3) is 5.69 Å². The summed E-state index contributed by atoms with van der Waals surface area (Å²) >= 11 is 0. The number of nitro groups is 1. The van der Waals surface area contributed by atoms with E-state index in [9.17, 15) is 10.1 Å². The molecule has 2 heterocycles. The summed E-state index contributed by atoms with van der Waals surface area (Å²) in [5.74, 6) is 0. The van der Waals surface area contributed by atoms with Crippen LogP contribution in [0.25, 0.3) is 0 Å². The number of benzene rings is 1. The van der Waals surface area contributed by atoms with Gasteiger partial charge in [0.1, 0.15) is 0 Å². The molecule has 1 N–H and O–H groups in total. The first-order chi connectivity index (χ1) is 9.72. The maximum Gasteiger partial charge on any atom is 0.269 e. The summed E-state index contributed by atoms with van der Waals surface area (Å²) in [5, 5.41) is 14.1. The zero-order valence-electron chi connectivity index (χ0n) is 11.5. The van der Waals surface area contributed by atoms with Gasteiger partial charge < -0.3 is 5.32 Å². The number of nitro benzene ring substituents is 1. The van der Waals surface area contributed by atoms with Crippen molar-refractivity contribution in [2.75, 3.05) is 39.3 Å². The molecule has 1 aromatic rings. The minimum absolute atomic E-state index is 0.182. The molecule has 0 saturated carbocycles. The second-order valence-corrected chi connectivity index (χ2v) is 5.55. The Bertz CT molecular complexity index is 482. The molecule has 3 rings (SSSR count). The Morgan fingerprint density at radius 3 is 2.60 bits per heavy atom. The summed E-state index contributed by atoms with van der Waals surface area (Å²) in [5.41, 5.74) is 1.21. The quantitative estimate of drug-likeness (QED) is 0.647. The molecular weight excluding hydrogens is 256 g/mol. The minimum Gasteiger partial charge on any atom is -0.314 e. The van der Waals surface area contributed by atoms with Crippen molar-refractivity contribution >= 4 is 5.69 Å². The Hall–Kier alpha value is -1.50. The van der Waals surface area contributed by atoms with E-state index in [1.807, 2.05) is 6.07 Å². The Balaban J connectivity index is 1.53. The molecular formula is C14H20N4O2. The number of nitrogens with one attached hydrogen (secondary N) is 1. The van der Waals surface area contributed by atoms with E-state index in [4.69, 9.17) is 0 Å². The van der Waals surface area contributed by atoms with Crippen molar-refractivity contribution in [2.45, 2.75) is 12.6 Å². The van der Waals surface area contributed by atoms with Gasteiger partial charge in [-0.05, 0) is 5.56 Å². The fourth-order valence-electron chi connectivity index (χ4n) is 2.84. The molecule has 1 aromatic carbocycles. The SMILES string of the molecule is O=[N+]([O-])c1cccc(CN2CCN(C3CNC3)CC2)c1. The largest absolute Gasteiger partial charge is 0.314 e. The van der Waals surface area contributed by atoms with Gasteiger partial charge in [0.15, 0.2) is 0 Å². The molecule has 0 aliphatic carbocycles. The van der Waals surface area contributed by atoms with E-state index < -0.39 is 0 Å². The number of hydrogen-bond acceptors (Lipinski definition) is 5. The summed E-state index contributed by atoms with van der Waals surface area (Å²) in [6, 6.07) is 7.68. The third-order valence-corrected chi connectivity index (χ3v) is 4.21. The highest BCUT2D eigenvalue weighted by molar-refractivity contribution is 5.34. The highest BCUT2D eigenvalue weighted by Crippen LogP contribution is 2.16. The van der Waals surface area contributed by atoms with E-state index in [0.717, 1.165) is 57.4 Å². The van der Waals surface area contributed by atoms with Crippen LogP contribution in [0.1, 0.15) is 5.56 Å². The molecule has 0 aromatic heterocycles. The van der Waals surface area contributed by atoms with Gasteiger partial charge >= 0.3 is 0 Å². The van der Waals surface area contributed by atoms with Crippen LogP contribution in [0.5, 0.6) is 0 Å². The van der Waals surface area contributed by atoms with E-state index in [2.05, 4.69) is 15.1 Å². The first-order valence-corrected chi connectivity index (χ1v) is 7.13. The average Bonchev–Trinajstić information content (AvgIpc) is 2.39. The van der Waals surface area contributed by atoms with Crippen LogP contribution in [-0.4, -0.2) is 60.0 Å². The predicted octanol–water partition coefficient (Wildman–Crippen LogP) is 0.684. The lowest BCUT2D eigenvalue weighted by molar-refractivity contribution is -0.384. The minimum atomic E-state index is -0.328. The lowest BCUT2D eigenvalue weighted by Crippen LogP contribution is -2.61. The monoisotopic (exact) mass is 276 g/mol. The van der Waals surface area contributed by atoms with Crippen molar-refractivity contribution in [2.24, 2.45) is 0 Å². The topological polar surface area (TPSA) is 61.7 Å². The maximum absolute atomic E-state index is 10.8. The molecule has 20 heavy (non-hydrogen) atoms. The normalized spacial score (nSPS) is 21.6. The molecule has 6 nitrogen and oxygen atoms in total. The first-order valence-electron chi connectivity index (χ1n) is 7.13.